The van der Waals surface area contributed by atoms with Crippen molar-refractivity contribution in [3.05, 3.63) is 0 Å². The summed E-state index contributed by atoms with van der Waals surface area (Å²) in [5.74, 6) is 1.11. The third-order valence-corrected chi connectivity index (χ3v) is 2.39. The summed E-state index contributed by atoms with van der Waals surface area (Å²) in [5, 5.41) is 17.4. The zero-order chi connectivity index (χ0) is 7.23. The Labute approximate surface area is 64.1 Å². The maximum Gasteiger partial charge on any atom is 0.129 e. The molecule has 0 aliphatic carbocycles. The molecular formula is C5H11N3OS. The lowest BCUT2D eigenvalue weighted by molar-refractivity contribution is 0.319. The number of thioether (sulfide) groups is 1. The smallest absolute Gasteiger partial charge is 0.129 e. The van der Waals surface area contributed by atoms with Gasteiger partial charge in [0, 0.05) is 18.8 Å². The number of nitrogens with zero attached hydrogens (tertiary/aromatic N) is 1. The van der Waals surface area contributed by atoms with Gasteiger partial charge in [0.05, 0.1) is 5.37 Å². The number of nitrogens with one attached hydrogen (secondary N) is 2. The van der Waals surface area contributed by atoms with Crippen LogP contribution in [0.15, 0.2) is 5.16 Å². The molecule has 0 aromatic heterocycles. The van der Waals surface area contributed by atoms with Gasteiger partial charge in [0.15, 0.2) is 0 Å². The molecule has 1 saturated heterocycles. The molecule has 1 atom stereocenters. The first-order valence-corrected chi connectivity index (χ1v) is 4.22. The Balaban J connectivity index is 2.13. The fraction of sp³-hybridized carbons (Fsp3) is 0.800. The normalized spacial score (nSPS) is 27.0. The van der Waals surface area contributed by atoms with Crippen LogP contribution in [0.25, 0.3) is 0 Å². The van der Waals surface area contributed by atoms with Crippen molar-refractivity contribution in [2.24, 2.45) is 5.16 Å². The van der Waals surface area contributed by atoms with Gasteiger partial charge in [0.1, 0.15) is 6.34 Å². The number of oxime groups is 1. The first-order chi connectivity index (χ1) is 4.93. The van der Waals surface area contributed by atoms with Crippen molar-refractivity contribution in [2.45, 2.75) is 5.37 Å². The van der Waals surface area contributed by atoms with E-state index in [-0.39, 0.29) is 0 Å². The van der Waals surface area contributed by atoms with E-state index in [1.165, 1.54) is 6.34 Å². The Hall–Kier alpha value is -0.420. The van der Waals surface area contributed by atoms with E-state index in [1.54, 1.807) is 0 Å². The van der Waals surface area contributed by atoms with Crippen molar-refractivity contribution in [2.75, 3.05) is 18.8 Å². The zero-order valence-corrected chi connectivity index (χ0v) is 6.40. The molecule has 1 aliphatic heterocycles. The number of hydrogen-bond donors (Lipinski definition) is 3. The van der Waals surface area contributed by atoms with Gasteiger partial charge in [-0.3, -0.25) is 0 Å². The minimum atomic E-state index is 0.352. The molecule has 0 radical (unpaired) electrons. The molecule has 0 aromatic rings. The molecule has 0 bridgehead atoms. The number of hydrogen-bond acceptors (Lipinski definition) is 4. The quantitative estimate of drug-likeness (QED) is 0.224. The maximum atomic E-state index is 8.07. The summed E-state index contributed by atoms with van der Waals surface area (Å²) in [4.78, 5) is 0. The molecule has 0 amide bonds. The molecule has 4 nitrogen and oxygen atoms in total. The van der Waals surface area contributed by atoms with Crippen LogP contribution in [0.4, 0.5) is 0 Å². The van der Waals surface area contributed by atoms with E-state index in [4.69, 9.17) is 5.21 Å². The van der Waals surface area contributed by atoms with E-state index < -0.39 is 0 Å². The van der Waals surface area contributed by atoms with Gasteiger partial charge < -0.3 is 15.8 Å². The first kappa shape index (κ1) is 7.68. The van der Waals surface area contributed by atoms with Crippen molar-refractivity contribution >= 4 is 18.1 Å². The van der Waals surface area contributed by atoms with Gasteiger partial charge in [-0.25, -0.2) is 0 Å². The van der Waals surface area contributed by atoms with Crippen LogP contribution in [0.2, 0.25) is 0 Å². The summed E-state index contributed by atoms with van der Waals surface area (Å²) in [5.41, 5.74) is 0. The average molecular weight is 161 g/mol. The van der Waals surface area contributed by atoms with Gasteiger partial charge in [0.25, 0.3) is 0 Å². The third kappa shape index (κ3) is 2.45. The second-order valence-electron chi connectivity index (χ2n) is 1.97. The van der Waals surface area contributed by atoms with E-state index in [1.807, 2.05) is 11.8 Å². The topological polar surface area (TPSA) is 56.7 Å². The lowest BCUT2D eigenvalue weighted by atomic mass is 10.5. The van der Waals surface area contributed by atoms with Gasteiger partial charge in [-0.05, 0) is 0 Å². The second kappa shape index (κ2) is 4.40. The fourth-order valence-corrected chi connectivity index (χ4v) is 1.73. The molecular weight excluding hydrogens is 150 g/mol. The summed E-state index contributed by atoms with van der Waals surface area (Å²) < 4.78 is 0. The van der Waals surface area contributed by atoms with Crippen LogP contribution in [0.3, 0.4) is 0 Å². The minimum Gasteiger partial charge on any atom is -0.410 e. The molecule has 0 aromatic carbocycles. The zero-order valence-electron chi connectivity index (χ0n) is 5.58. The molecule has 1 fully saturated rings. The van der Waals surface area contributed by atoms with Gasteiger partial charge in [0.2, 0.25) is 0 Å². The van der Waals surface area contributed by atoms with Crippen LogP contribution in [-0.2, 0) is 0 Å². The van der Waals surface area contributed by atoms with Crippen molar-refractivity contribution in [1.29, 1.82) is 0 Å². The lowest BCUT2D eigenvalue weighted by Gasteiger charge is -2.21. The van der Waals surface area contributed by atoms with E-state index in [0.29, 0.717) is 5.37 Å². The van der Waals surface area contributed by atoms with E-state index in [2.05, 4.69) is 15.8 Å². The minimum absolute atomic E-state index is 0.352. The summed E-state index contributed by atoms with van der Waals surface area (Å²) in [6.45, 7) is 2.00. The first-order valence-electron chi connectivity index (χ1n) is 3.18. The van der Waals surface area contributed by atoms with Crippen molar-refractivity contribution in [3.63, 3.8) is 0 Å². The Morgan fingerprint density at radius 3 is 3.30 bits per heavy atom. The molecule has 1 aliphatic rings. The summed E-state index contributed by atoms with van der Waals surface area (Å²) in [7, 11) is 0. The molecule has 1 rings (SSSR count). The van der Waals surface area contributed by atoms with Gasteiger partial charge in [-0.1, -0.05) is 5.16 Å². The summed E-state index contributed by atoms with van der Waals surface area (Å²) >= 11 is 1.83. The molecule has 1 unspecified atom stereocenters. The largest absolute Gasteiger partial charge is 0.410 e. The SMILES string of the molecule is ON=CNC1CNCCS1. The Morgan fingerprint density at radius 2 is 2.70 bits per heavy atom. The molecule has 3 N–H and O–H groups in total. The van der Waals surface area contributed by atoms with Crippen LogP contribution in [0.5, 0.6) is 0 Å². The van der Waals surface area contributed by atoms with Crippen LogP contribution in [0.1, 0.15) is 0 Å². The number of rotatable bonds is 2. The van der Waals surface area contributed by atoms with E-state index in [9.17, 15) is 0 Å². The second-order valence-corrected chi connectivity index (χ2v) is 3.29. The Kier molecular flexibility index (Phi) is 3.38. The molecule has 58 valence electrons. The van der Waals surface area contributed by atoms with Crippen molar-refractivity contribution in [3.8, 4) is 0 Å². The third-order valence-electron chi connectivity index (χ3n) is 1.25. The van der Waals surface area contributed by atoms with Crippen LogP contribution >= 0.6 is 11.8 Å². The lowest BCUT2D eigenvalue weighted by Crippen LogP contribution is -2.40. The van der Waals surface area contributed by atoms with Crippen LogP contribution < -0.4 is 10.6 Å². The highest BCUT2D eigenvalue weighted by Gasteiger charge is 2.10. The molecule has 0 saturated carbocycles. The Bertz CT molecular complexity index is 113. The highest BCUT2D eigenvalue weighted by Crippen LogP contribution is 2.08. The standard InChI is InChI=1S/C5H11N3OS/c9-8-4-7-5-3-6-1-2-10-5/h4-6,9H,1-3H2,(H,7,8). The fourth-order valence-electron chi connectivity index (χ4n) is 0.789. The average Bonchev–Trinajstić information content (AvgIpc) is 2.03. The molecule has 10 heavy (non-hydrogen) atoms. The predicted octanol–water partition coefficient (Wildman–Crippen LogP) is -0.344. The molecule has 0 spiro atoms. The monoisotopic (exact) mass is 161 g/mol. The molecule has 5 heteroatoms. The maximum absolute atomic E-state index is 8.07. The van der Waals surface area contributed by atoms with Crippen LogP contribution in [-0.4, -0.2) is 35.8 Å². The summed E-state index contributed by atoms with van der Waals surface area (Å²) in [6.07, 6.45) is 1.31. The molecule has 1 heterocycles. The highest BCUT2D eigenvalue weighted by atomic mass is 32.2. The van der Waals surface area contributed by atoms with Crippen molar-refractivity contribution in [1.82, 2.24) is 10.6 Å². The van der Waals surface area contributed by atoms with E-state index >= 15 is 0 Å². The Morgan fingerprint density at radius 1 is 1.80 bits per heavy atom. The van der Waals surface area contributed by atoms with Crippen molar-refractivity contribution < 1.29 is 5.21 Å². The highest BCUT2D eigenvalue weighted by molar-refractivity contribution is 7.99. The van der Waals surface area contributed by atoms with Gasteiger partial charge >= 0.3 is 0 Å². The van der Waals surface area contributed by atoms with E-state index in [0.717, 1.165) is 18.8 Å². The van der Waals surface area contributed by atoms with Gasteiger partial charge in [-0.2, -0.15) is 0 Å². The van der Waals surface area contributed by atoms with Crippen LogP contribution in [0, 0.1) is 0 Å². The summed E-state index contributed by atoms with van der Waals surface area (Å²) in [6, 6.07) is 0. The predicted molar refractivity (Wildman–Crippen MR) is 42.5 cm³/mol. The van der Waals surface area contributed by atoms with Gasteiger partial charge in [-0.15, -0.1) is 11.8 Å².